The first-order chi connectivity index (χ1) is 8.30. The molecule has 1 atom stereocenters. The van der Waals surface area contributed by atoms with Gasteiger partial charge in [0, 0.05) is 0 Å². The summed E-state index contributed by atoms with van der Waals surface area (Å²) in [5.41, 5.74) is 0.414. The highest BCUT2D eigenvalue weighted by molar-refractivity contribution is 5.76. The Hall–Kier alpha value is -1.85. The van der Waals surface area contributed by atoms with Crippen LogP contribution in [0.5, 0.6) is 11.5 Å². The normalized spacial score (nSPS) is 17.8. The molecule has 0 bridgehead atoms. The van der Waals surface area contributed by atoms with E-state index in [1.165, 1.54) is 18.2 Å². The minimum Gasteiger partial charge on any atom is -0.481 e. The van der Waals surface area contributed by atoms with Crippen LogP contribution in [-0.4, -0.2) is 17.4 Å². The standard InChI is InChI=1S/C12H12F2O4/c1-6(2)10(11(15)16)7-3-4-8-9(5-7)18-12(13,14)17-8/h3-6,10H,1-2H3,(H,15,16). The molecule has 1 aliphatic heterocycles. The zero-order valence-corrected chi connectivity index (χ0v) is 9.81. The summed E-state index contributed by atoms with van der Waals surface area (Å²) in [6.07, 6.45) is -3.68. The molecule has 1 unspecified atom stereocenters. The Morgan fingerprint density at radius 1 is 1.28 bits per heavy atom. The largest absolute Gasteiger partial charge is 0.586 e. The molecule has 0 amide bonds. The molecule has 0 fully saturated rings. The van der Waals surface area contributed by atoms with Crippen LogP contribution in [0.4, 0.5) is 8.78 Å². The van der Waals surface area contributed by atoms with Gasteiger partial charge in [-0.2, -0.15) is 0 Å². The summed E-state index contributed by atoms with van der Waals surface area (Å²) >= 11 is 0. The van der Waals surface area contributed by atoms with Crippen LogP contribution >= 0.6 is 0 Å². The van der Waals surface area contributed by atoms with Crippen molar-refractivity contribution < 1.29 is 28.2 Å². The van der Waals surface area contributed by atoms with Crippen molar-refractivity contribution in [2.24, 2.45) is 5.92 Å². The number of aliphatic carboxylic acids is 1. The van der Waals surface area contributed by atoms with Crippen molar-refractivity contribution in [3.05, 3.63) is 23.8 Å². The second-order valence-electron chi connectivity index (χ2n) is 4.43. The average Bonchev–Trinajstić information content (AvgIpc) is 2.49. The van der Waals surface area contributed by atoms with Gasteiger partial charge in [0.1, 0.15) is 0 Å². The molecule has 4 nitrogen and oxygen atoms in total. The highest BCUT2D eigenvalue weighted by Gasteiger charge is 2.43. The Kier molecular flexibility index (Phi) is 2.88. The van der Waals surface area contributed by atoms with Gasteiger partial charge in [0.15, 0.2) is 11.5 Å². The van der Waals surface area contributed by atoms with E-state index in [0.717, 1.165) is 0 Å². The first kappa shape index (κ1) is 12.6. The molecule has 0 aliphatic carbocycles. The molecule has 0 radical (unpaired) electrons. The van der Waals surface area contributed by atoms with Gasteiger partial charge in [-0.1, -0.05) is 19.9 Å². The van der Waals surface area contributed by atoms with Crippen molar-refractivity contribution in [2.75, 3.05) is 0 Å². The third-order valence-corrected chi connectivity index (χ3v) is 2.72. The average molecular weight is 258 g/mol. The van der Waals surface area contributed by atoms with E-state index in [1.807, 2.05) is 0 Å². The molecular formula is C12H12F2O4. The van der Waals surface area contributed by atoms with Crippen molar-refractivity contribution >= 4 is 5.97 Å². The number of fused-ring (bicyclic) bond motifs is 1. The van der Waals surface area contributed by atoms with Crippen molar-refractivity contribution in [2.45, 2.75) is 26.1 Å². The maximum Gasteiger partial charge on any atom is 0.586 e. The predicted molar refractivity (Wildman–Crippen MR) is 57.9 cm³/mol. The smallest absolute Gasteiger partial charge is 0.481 e. The van der Waals surface area contributed by atoms with Crippen LogP contribution < -0.4 is 9.47 Å². The minimum atomic E-state index is -3.68. The van der Waals surface area contributed by atoms with E-state index in [2.05, 4.69) is 9.47 Å². The van der Waals surface area contributed by atoms with Crippen LogP contribution in [0.25, 0.3) is 0 Å². The first-order valence-corrected chi connectivity index (χ1v) is 5.43. The van der Waals surface area contributed by atoms with Gasteiger partial charge >= 0.3 is 12.3 Å². The Bertz CT molecular complexity index is 485. The summed E-state index contributed by atoms with van der Waals surface area (Å²) in [6.45, 7) is 3.50. The molecule has 1 heterocycles. The second kappa shape index (κ2) is 4.12. The monoisotopic (exact) mass is 258 g/mol. The maximum absolute atomic E-state index is 12.8. The van der Waals surface area contributed by atoms with E-state index in [9.17, 15) is 13.6 Å². The number of alkyl halides is 2. The van der Waals surface area contributed by atoms with Gasteiger partial charge in [0.05, 0.1) is 5.92 Å². The molecule has 1 N–H and O–H groups in total. The number of ether oxygens (including phenoxy) is 2. The number of carbonyl (C=O) groups is 1. The lowest BCUT2D eigenvalue weighted by Crippen LogP contribution is -2.25. The molecule has 98 valence electrons. The molecule has 1 aromatic rings. The molecule has 6 heteroatoms. The molecule has 2 rings (SSSR count). The number of hydrogen-bond donors (Lipinski definition) is 1. The van der Waals surface area contributed by atoms with Gasteiger partial charge in [0.25, 0.3) is 0 Å². The molecule has 0 aromatic heterocycles. The zero-order chi connectivity index (χ0) is 13.5. The van der Waals surface area contributed by atoms with Crippen molar-refractivity contribution in [1.82, 2.24) is 0 Å². The summed E-state index contributed by atoms with van der Waals surface area (Å²) in [7, 11) is 0. The van der Waals surface area contributed by atoms with Crippen LogP contribution in [0.1, 0.15) is 25.3 Å². The summed E-state index contributed by atoms with van der Waals surface area (Å²) < 4.78 is 34.2. The molecule has 0 saturated carbocycles. The van der Waals surface area contributed by atoms with Crippen LogP contribution in [-0.2, 0) is 4.79 Å². The van der Waals surface area contributed by atoms with Gasteiger partial charge in [-0.05, 0) is 23.6 Å². The Morgan fingerprint density at radius 3 is 2.44 bits per heavy atom. The third-order valence-electron chi connectivity index (χ3n) is 2.72. The third kappa shape index (κ3) is 2.23. The van der Waals surface area contributed by atoms with Gasteiger partial charge in [0.2, 0.25) is 0 Å². The maximum atomic E-state index is 12.8. The molecule has 0 spiro atoms. The van der Waals surface area contributed by atoms with E-state index < -0.39 is 18.2 Å². The van der Waals surface area contributed by atoms with E-state index in [-0.39, 0.29) is 17.4 Å². The quantitative estimate of drug-likeness (QED) is 0.905. The highest BCUT2D eigenvalue weighted by Crippen LogP contribution is 2.42. The van der Waals surface area contributed by atoms with Crippen molar-refractivity contribution in [3.63, 3.8) is 0 Å². The summed E-state index contributed by atoms with van der Waals surface area (Å²) in [6, 6.07) is 4.04. The van der Waals surface area contributed by atoms with Crippen LogP contribution in [0.2, 0.25) is 0 Å². The van der Waals surface area contributed by atoms with Gasteiger partial charge < -0.3 is 14.6 Å². The Balaban J connectivity index is 2.36. The van der Waals surface area contributed by atoms with Gasteiger partial charge in [-0.15, -0.1) is 8.78 Å². The predicted octanol–water partition coefficient (Wildman–Crippen LogP) is 2.83. The number of halogens is 2. The lowest BCUT2D eigenvalue weighted by atomic mass is 9.88. The first-order valence-electron chi connectivity index (χ1n) is 5.43. The van der Waals surface area contributed by atoms with Crippen LogP contribution in [0.15, 0.2) is 18.2 Å². The van der Waals surface area contributed by atoms with Crippen molar-refractivity contribution in [3.8, 4) is 11.5 Å². The second-order valence-corrected chi connectivity index (χ2v) is 4.43. The van der Waals surface area contributed by atoms with Gasteiger partial charge in [-0.3, -0.25) is 4.79 Å². The summed E-state index contributed by atoms with van der Waals surface area (Å²) in [5, 5.41) is 9.13. The van der Waals surface area contributed by atoms with E-state index in [0.29, 0.717) is 5.56 Å². The van der Waals surface area contributed by atoms with Crippen LogP contribution in [0, 0.1) is 5.92 Å². The van der Waals surface area contributed by atoms with E-state index in [1.54, 1.807) is 13.8 Å². The van der Waals surface area contributed by atoms with Gasteiger partial charge in [-0.25, -0.2) is 0 Å². The Morgan fingerprint density at radius 2 is 1.89 bits per heavy atom. The fourth-order valence-corrected chi connectivity index (χ4v) is 1.97. The number of benzene rings is 1. The van der Waals surface area contributed by atoms with E-state index in [4.69, 9.17) is 5.11 Å². The number of hydrogen-bond acceptors (Lipinski definition) is 3. The highest BCUT2D eigenvalue weighted by atomic mass is 19.3. The number of carboxylic acids is 1. The SMILES string of the molecule is CC(C)C(C(=O)O)c1ccc2c(c1)OC(F)(F)O2. The zero-order valence-electron chi connectivity index (χ0n) is 9.81. The molecule has 0 saturated heterocycles. The molecule has 1 aliphatic rings. The molecule has 18 heavy (non-hydrogen) atoms. The van der Waals surface area contributed by atoms with Crippen molar-refractivity contribution in [1.29, 1.82) is 0 Å². The van der Waals surface area contributed by atoms with E-state index >= 15 is 0 Å². The molecular weight excluding hydrogens is 246 g/mol. The summed E-state index contributed by atoms with van der Waals surface area (Å²) in [4.78, 5) is 11.1. The lowest BCUT2D eigenvalue weighted by Gasteiger charge is -2.16. The fourth-order valence-electron chi connectivity index (χ4n) is 1.97. The lowest BCUT2D eigenvalue weighted by molar-refractivity contribution is -0.286. The fraction of sp³-hybridized carbons (Fsp3) is 0.417. The summed E-state index contributed by atoms with van der Waals surface area (Å²) in [5.74, 6) is -2.16. The van der Waals surface area contributed by atoms with Crippen LogP contribution in [0.3, 0.4) is 0 Å². The number of carboxylic acid groups (broad SMARTS) is 1. The molecule has 1 aromatic carbocycles. The minimum absolute atomic E-state index is 0.0864. The number of rotatable bonds is 3. The topological polar surface area (TPSA) is 55.8 Å². The Labute approximate surface area is 102 Å².